The van der Waals surface area contributed by atoms with Crippen molar-refractivity contribution in [2.24, 2.45) is 10.1 Å². The van der Waals surface area contributed by atoms with Gasteiger partial charge in [-0.2, -0.15) is 0 Å². The number of amidine groups is 1. The number of unbranched alkanes of at least 4 members (excludes halogenated alkanes) is 1. The summed E-state index contributed by atoms with van der Waals surface area (Å²) < 4.78 is 1.97. The minimum atomic E-state index is -0.607. The summed E-state index contributed by atoms with van der Waals surface area (Å²) in [6.07, 6.45) is 3.51. The second kappa shape index (κ2) is 8.72. The molecule has 170 valence electrons. The Morgan fingerprint density at radius 3 is 2.53 bits per heavy atom. The van der Waals surface area contributed by atoms with Gasteiger partial charge in [-0.25, -0.2) is 9.37 Å². The van der Waals surface area contributed by atoms with E-state index in [0.29, 0.717) is 24.9 Å². The zero-order chi connectivity index (χ0) is 23.0. The number of urea groups is 1. The lowest BCUT2D eigenvalue weighted by Gasteiger charge is -2.33. The molecule has 3 amide bonds. The summed E-state index contributed by atoms with van der Waals surface area (Å²) in [5, 5.41) is 10.00. The Balaban J connectivity index is 1.49. The normalized spacial score (nSPS) is 22.7. The van der Waals surface area contributed by atoms with Gasteiger partial charge in [0.05, 0.1) is 5.71 Å². The molecular weight excluding hydrogens is 406 g/mol. The number of aliphatic imine (C=N–C) groups is 1. The number of carbonyl (C=O) groups excluding carboxylic acids is 2. The zero-order valence-electron chi connectivity index (χ0n) is 19.5. The van der Waals surface area contributed by atoms with E-state index < -0.39 is 6.04 Å². The van der Waals surface area contributed by atoms with E-state index in [1.54, 1.807) is 7.05 Å². The van der Waals surface area contributed by atoms with Crippen molar-refractivity contribution in [2.45, 2.75) is 52.1 Å². The molecule has 9 heteroatoms. The highest BCUT2D eigenvalue weighted by Crippen LogP contribution is 2.24. The van der Waals surface area contributed by atoms with E-state index in [1.807, 2.05) is 23.4 Å². The first-order valence-electron chi connectivity index (χ1n) is 11.3. The molecule has 0 aromatic heterocycles. The summed E-state index contributed by atoms with van der Waals surface area (Å²) in [5.41, 5.74) is 3.32. The molecule has 0 radical (unpaired) electrons. The molecule has 1 fully saturated rings. The average molecular weight is 439 g/mol. The quantitative estimate of drug-likeness (QED) is 0.662. The van der Waals surface area contributed by atoms with Crippen LogP contribution in [0.5, 0.6) is 0 Å². The maximum atomic E-state index is 12.9. The molecule has 2 unspecified atom stereocenters. The number of likely N-dealkylation sites (N-methyl/N-ethyl adjacent to an activating group) is 2. The minimum absolute atomic E-state index is 0.0879. The van der Waals surface area contributed by atoms with Gasteiger partial charge >= 0.3 is 12.0 Å². The smallest absolute Gasteiger partial charge is 0.382 e. The standard InChI is InChI=1S/C23H32N7O2/c1-6-7-8-17-9-11-18(12-10-17)24-13-14-29-22-25-20-19(30(22)16(3)15(2)26-29)21(31)28(5)23(32)27(20)4/h9-12,16,19,24H,6-8,13-14H2,1-5H3/q+1. The van der Waals surface area contributed by atoms with Crippen LogP contribution in [0.4, 0.5) is 10.5 Å². The zero-order valence-corrected chi connectivity index (χ0v) is 19.5. The van der Waals surface area contributed by atoms with Crippen LogP contribution in [0.3, 0.4) is 0 Å². The Hall–Kier alpha value is -3.23. The molecule has 3 heterocycles. The van der Waals surface area contributed by atoms with Gasteiger partial charge in [0.25, 0.3) is 5.91 Å². The molecule has 32 heavy (non-hydrogen) atoms. The van der Waals surface area contributed by atoms with E-state index in [9.17, 15) is 9.59 Å². The van der Waals surface area contributed by atoms with Crippen molar-refractivity contribution in [1.29, 1.82) is 0 Å². The van der Waals surface area contributed by atoms with E-state index >= 15 is 0 Å². The van der Waals surface area contributed by atoms with Crippen molar-refractivity contribution >= 4 is 35.1 Å². The van der Waals surface area contributed by atoms with Gasteiger partial charge in [0.2, 0.25) is 11.9 Å². The average Bonchev–Trinajstić information content (AvgIpc) is 3.20. The van der Waals surface area contributed by atoms with Crippen LogP contribution in [0, 0.1) is 0 Å². The van der Waals surface area contributed by atoms with Crippen LogP contribution in [-0.2, 0) is 11.2 Å². The number of benzene rings is 1. The monoisotopic (exact) mass is 438 g/mol. The fourth-order valence-electron chi connectivity index (χ4n) is 4.28. The lowest BCUT2D eigenvalue weighted by Crippen LogP contribution is -2.63. The van der Waals surface area contributed by atoms with Crippen molar-refractivity contribution < 1.29 is 14.2 Å². The minimum Gasteiger partial charge on any atom is -0.382 e. The number of aryl methyl sites for hydroxylation is 1. The highest BCUT2D eigenvalue weighted by Gasteiger charge is 2.55. The van der Waals surface area contributed by atoms with E-state index in [1.165, 1.54) is 30.4 Å². The number of nitrogens with one attached hydrogen (secondary N) is 1. The molecular formula is C23H32N7O2+. The molecule has 1 aromatic carbocycles. The highest BCUT2D eigenvalue weighted by atomic mass is 16.2. The third-order valence-corrected chi connectivity index (χ3v) is 6.41. The molecule has 3 aliphatic rings. The first kappa shape index (κ1) is 22.0. The van der Waals surface area contributed by atoms with Gasteiger partial charge in [0.15, 0.2) is 0 Å². The fourth-order valence-corrected chi connectivity index (χ4v) is 4.28. The lowest BCUT2D eigenvalue weighted by atomic mass is 10.1. The Kier molecular flexibility index (Phi) is 5.99. The number of carbonyl (C=O) groups is 2. The third kappa shape index (κ3) is 3.76. The van der Waals surface area contributed by atoms with E-state index in [0.717, 1.165) is 22.7 Å². The number of hydrazone groups is 1. The predicted molar refractivity (Wildman–Crippen MR) is 125 cm³/mol. The molecule has 0 aliphatic carbocycles. The lowest BCUT2D eigenvalue weighted by molar-refractivity contribution is -0.559. The van der Waals surface area contributed by atoms with E-state index in [2.05, 4.69) is 41.5 Å². The first-order chi connectivity index (χ1) is 15.3. The summed E-state index contributed by atoms with van der Waals surface area (Å²) in [4.78, 5) is 32.6. The first-order valence-corrected chi connectivity index (χ1v) is 11.3. The second-order valence-corrected chi connectivity index (χ2v) is 8.59. The summed E-state index contributed by atoms with van der Waals surface area (Å²) >= 11 is 0. The van der Waals surface area contributed by atoms with Crippen molar-refractivity contribution in [3.8, 4) is 0 Å². The largest absolute Gasteiger partial charge is 0.417 e. The number of anilines is 1. The summed E-state index contributed by atoms with van der Waals surface area (Å²) in [7, 11) is 3.17. The molecule has 0 saturated carbocycles. The summed E-state index contributed by atoms with van der Waals surface area (Å²) in [6, 6.07) is 7.49. The number of amides is 3. The van der Waals surface area contributed by atoms with E-state index in [4.69, 9.17) is 5.10 Å². The van der Waals surface area contributed by atoms with Gasteiger partial charge in [0, 0.05) is 26.3 Å². The van der Waals surface area contributed by atoms with Gasteiger partial charge in [-0.15, -0.1) is 10.1 Å². The van der Waals surface area contributed by atoms with Crippen LogP contribution in [0.25, 0.3) is 0 Å². The van der Waals surface area contributed by atoms with Gasteiger partial charge in [-0.3, -0.25) is 14.6 Å². The molecule has 1 aromatic rings. The number of rotatable bonds is 7. The van der Waals surface area contributed by atoms with Crippen molar-refractivity contribution in [2.75, 3.05) is 32.5 Å². The topological polar surface area (TPSA) is 83.6 Å². The molecule has 1 N–H and O–H groups in total. The molecule has 0 spiro atoms. The number of guanidine groups is 1. The number of imide groups is 1. The predicted octanol–water partition coefficient (Wildman–Crippen LogP) is 2.19. The summed E-state index contributed by atoms with van der Waals surface area (Å²) in [6.45, 7) is 7.42. The molecule has 4 rings (SSSR count). The number of hydrogen-bond acceptors (Lipinski definition) is 6. The maximum Gasteiger partial charge on any atom is 0.417 e. The number of fused-ring (bicyclic) bond motifs is 2. The Labute approximate surface area is 189 Å². The van der Waals surface area contributed by atoms with Crippen LogP contribution in [-0.4, -0.2) is 88.1 Å². The van der Waals surface area contributed by atoms with Gasteiger partial charge in [-0.1, -0.05) is 30.5 Å². The molecule has 9 nitrogen and oxygen atoms in total. The van der Waals surface area contributed by atoms with Crippen LogP contribution >= 0.6 is 0 Å². The van der Waals surface area contributed by atoms with Crippen molar-refractivity contribution in [3.05, 3.63) is 29.8 Å². The molecule has 1 saturated heterocycles. The fraction of sp³-hybridized carbons (Fsp3) is 0.522. The Bertz CT molecular complexity index is 1010. The molecule has 0 bridgehead atoms. The molecule has 2 atom stereocenters. The van der Waals surface area contributed by atoms with Crippen molar-refractivity contribution in [3.63, 3.8) is 0 Å². The number of nitrogens with zero attached hydrogens (tertiary/aromatic N) is 6. The SMILES string of the molecule is CCCCc1ccc(NCCN2N=C(C)C(C)[N+]3=C2N=C2C3C(=O)N(C)C(=O)N2C)cc1. The second-order valence-electron chi connectivity index (χ2n) is 8.59. The van der Waals surface area contributed by atoms with Crippen LogP contribution < -0.4 is 5.32 Å². The number of hydrogen-bond donors (Lipinski definition) is 1. The van der Waals surface area contributed by atoms with Crippen LogP contribution in [0.2, 0.25) is 0 Å². The van der Waals surface area contributed by atoms with E-state index in [-0.39, 0.29) is 18.0 Å². The Morgan fingerprint density at radius 2 is 1.84 bits per heavy atom. The van der Waals surface area contributed by atoms with Crippen LogP contribution in [0.1, 0.15) is 39.2 Å². The van der Waals surface area contributed by atoms with Gasteiger partial charge in [-0.05, 0) is 44.4 Å². The summed E-state index contributed by atoms with van der Waals surface area (Å²) in [5.74, 6) is 0.818. The van der Waals surface area contributed by atoms with Gasteiger partial charge in [0.1, 0.15) is 12.6 Å². The van der Waals surface area contributed by atoms with Crippen molar-refractivity contribution in [1.82, 2.24) is 14.8 Å². The maximum absolute atomic E-state index is 12.9. The third-order valence-electron chi connectivity index (χ3n) is 6.41. The Morgan fingerprint density at radius 1 is 1.12 bits per heavy atom. The van der Waals surface area contributed by atoms with Crippen LogP contribution in [0.15, 0.2) is 34.4 Å². The van der Waals surface area contributed by atoms with Gasteiger partial charge < -0.3 is 5.32 Å². The molecule has 3 aliphatic heterocycles. The highest BCUT2D eigenvalue weighted by molar-refractivity contribution is 6.23.